The molecule has 0 saturated heterocycles. The number of aromatic nitrogens is 5. The minimum absolute atomic E-state index is 0.605. The third-order valence-electron chi connectivity index (χ3n) is 3.98. The molecule has 1 N–H and O–H groups in total. The molecule has 4 rings (SSSR count). The van der Waals surface area contributed by atoms with Gasteiger partial charge in [0.15, 0.2) is 11.5 Å². The molecule has 1 aromatic carbocycles. The number of nitriles is 1. The average molecular weight is 341 g/mol. The average Bonchev–Trinajstić information content (AvgIpc) is 3.12. The number of hydrogen-bond donors (Lipinski definition) is 1. The summed E-state index contributed by atoms with van der Waals surface area (Å²) in [6.07, 6.45) is 4.49. The number of fused-ring (bicyclic) bond motifs is 1. The third kappa shape index (κ3) is 3.21. The van der Waals surface area contributed by atoms with E-state index >= 15 is 0 Å². The van der Waals surface area contributed by atoms with Crippen LogP contribution in [0, 0.1) is 11.3 Å². The molecule has 0 aliphatic rings. The Morgan fingerprint density at radius 2 is 1.92 bits per heavy atom. The molecule has 3 heterocycles. The summed E-state index contributed by atoms with van der Waals surface area (Å²) in [5.41, 5.74) is 3.30. The van der Waals surface area contributed by atoms with E-state index in [1.54, 1.807) is 22.8 Å². The van der Waals surface area contributed by atoms with Gasteiger partial charge in [-0.2, -0.15) is 9.78 Å². The molecule has 0 bridgehead atoms. The first kappa shape index (κ1) is 15.7. The van der Waals surface area contributed by atoms with Crippen molar-refractivity contribution in [2.24, 2.45) is 0 Å². The van der Waals surface area contributed by atoms with Crippen LogP contribution in [0.25, 0.3) is 17.0 Å². The number of nitrogens with zero attached hydrogens (tertiary/aromatic N) is 6. The number of anilines is 1. The molecule has 0 radical (unpaired) electrons. The molecule has 0 unspecified atom stereocenters. The van der Waals surface area contributed by atoms with Crippen LogP contribution in [0.2, 0.25) is 0 Å². The molecular weight excluding hydrogens is 326 g/mol. The summed E-state index contributed by atoms with van der Waals surface area (Å²) in [7, 11) is 0. The van der Waals surface area contributed by atoms with E-state index in [1.165, 1.54) is 5.56 Å². The van der Waals surface area contributed by atoms with Crippen LogP contribution in [0.15, 0.2) is 60.9 Å². The lowest BCUT2D eigenvalue weighted by Gasteiger charge is -2.06. The van der Waals surface area contributed by atoms with Crippen molar-refractivity contribution >= 4 is 11.5 Å². The Bertz CT molecular complexity index is 1060. The topological polar surface area (TPSA) is 91.8 Å². The van der Waals surface area contributed by atoms with Gasteiger partial charge in [-0.15, -0.1) is 15.3 Å². The Morgan fingerprint density at radius 1 is 1.04 bits per heavy atom. The van der Waals surface area contributed by atoms with E-state index in [9.17, 15) is 0 Å². The van der Waals surface area contributed by atoms with Crippen LogP contribution in [0.4, 0.5) is 5.82 Å². The number of rotatable bonds is 5. The van der Waals surface area contributed by atoms with Gasteiger partial charge in [0.1, 0.15) is 5.82 Å². The molecule has 3 aromatic heterocycles. The minimum atomic E-state index is 0.605. The van der Waals surface area contributed by atoms with Crippen molar-refractivity contribution in [3.8, 4) is 17.5 Å². The van der Waals surface area contributed by atoms with Crippen LogP contribution >= 0.6 is 0 Å². The smallest absolute Gasteiger partial charge is 0.185 e. The fourth-order valence-electron chi connectivity index (χ4n) is 2.64. The van der Waals surface area contributed by atoms with E-state index in [4.69, 9.17) is 5.26 Å². The Balaban J connectivity index is 1.55. The van der Waals surface area contributed by atoms with Crippen molar-refractivity contribution in [3.05, 3.63) is 72.1 Å². The predicted molar refractivity (Wildman–Crippen MR) is 97.4 cm³/mol. The maximum Gasteiger partial charge on any atom is 0.185 e. The van der Waals surface area contributed by atoms with Crippen LogP contribution in [0.1, 0.15) is 11.1 Å². The summed E-state index contributed by atoms with van der Waals surface area (Å²) < 4.78 is 1.70. The summed E-state index contributed by atoms with van der Waals surface area (Å²) in [6.45, 7) is 0.749. The van der Waals surface area contributed by atoms with E-state index < -0.39 is 0 Å². The van der Waals surface area contributed by atoms with Crippen LogP contribution in [-0.4, -0.2) is 31.3 Å². The zero-order valence-electron chi connectivity index (χ0n) is 13.9. The number of benzene rings is 1. The first-order chi connectivity index (χ1) is 12.8. The Kier molecular flexibility index (Phi) is 4.23. The van der Waals surface area contributed by atoms with Crippen LogP contribution in [0.5, 0.6) is 0 Å². The molecule has 26 heavy (non-hydrogen) atoms. The summed E-state index contributed by atoms with van der Waals surface area (Å²) in [6, 6.07) is 17.1. The van der Waals surface area contributed by atoms with Crippen molar-refractivity contribution in [2.45, 2.75) is 6.42 Å². The minimum Gasteiger partial charge on any atom is -0.368 e. The van der Waals surface area contributed by atoms with Crippen molar-refractivity contribution in [2.75, 3.05) is 11.9 Å². The molecule has 0 amide bonds. The number of pyridine rings is 1. The normalized spacial score (nSPS) is 10.6. The van der Waals surface area contributed by atoms with Gasteiger partial charge < -0.3 is 5.32 Å². The first-order valence-corrected chi connectivity index (χ1v) is 8.19. The lowest BCUT2D eigenvalue weighted by Crippen LogP contribution is -2.08. The van der Waals surface area contributed by atoms with Crippen LogP contribution in [0.3, 0.4) is 0 Å². The van der Waals surface area contributed by atoms with Gasteiger partial charge >= 0.3 is 0 Å². The van der Waals surface area contributed by atoms with Crippen molar-refractivity contribution in [3.63, 3.8) is 0 Å². The Labute approximate surface area is 150 Å². The molecule has 0 aliphatic carbocycles. The number of nitrogens with one attached hydrogen (secondary N) is 1. The summed E-state index contributed by atoms with van der Waals surface area (Å²) in [5, 5.41) is 25.2. The van der Waals surface area contributed by atoms with Gasteiger partial charge in [0.05, 0.1) is 11.6 Å². The second-order valence-corrected chi connectivity index (χ2v) is 5.74. The van der Waals surface area contributed by atoms with Gasteiger partial charge in [0, 0.05) is 24.5 Å². The third-order valence-corrected chi connectivity index (χ3v) is 3.98. The Morgan fingerprint density at radius 3 is 2.69 bits per heavy atom. The van der Waals surface area contributed by atoms with E-state index in [0.29, 0.717) is 17.0 Å². The zero-order valence-corrected chi connectivity index (χ0v) is 13.9. The van der Waals surface area contributed by atoms with E-state index in [2.05, 4.69) is 31.7 Å². The molecule has 4 aromatic rings. The maximum atomic E-state index is 8.92. The second kappa shape index (κ2) is 6.99. The Hall–Kier alpha value is -3.79. The van der Waals surface area contributed by atoms with Gasteiger partial charge in [-0.25, -0.2) is 0 Å². The molecule has 0 saturated carbocycles. The lowest BCUT2D eigenvalue weighted by atomic mass is 10.1. The summed E-state index contributed by atoms with van der Waals surface area (Å²) in [4.78, 5) is 4.12. The molecule has 0 atom stereocenters. The van der Waals surface area contributed by atoms with Gasteiger partial charge in [-0.3, -0.25) is 4.98 Å². The SMILES string of the molecule is N#Cc1ccc(-c2nnc3ccc(NCCc4cccnc4)nn23)cc1. The molecule has 7 nitrogen and oxygen atoms in total. The molecule has 7 heteroatoms. The highest BCUT2D eigenvalue weighted by Gasteiger charge is 2.10. The largest absolute Gasteiger partial charge is 0.368 e. The molecule has 126 valence electrons. The fraction of sp³-hybridized carbons (Fsp3) is 0.105. The van der Waals surface area contributed by atoms with E-state index in [0.717, 1.165) is 24.3 Å². The van der Waals surface area contributed by atoms with Crippen molar-refractivity contribution in [1.29, 1.82) is 5.26 Å². The lowest BCUT2D eigenvalue weighted by molar-refractivity contribution is 0.914. The summed E-state index contributed by atoms with van der Waals surface area (Å²) in [5.74, 6) is 1.39. The standard InChI is InChI=1S/C19H15N7/c20-12-14-3-5-16(6-4-14)19-24-23-18-8-7-17(25-26(18)19)22-11-9-15-2-1-10-21-13-15/h1-8,10,13H,9,11H2,(H,22,25). The zero-order chi connectivity index (χ0) is 17.8. The van der Waals surface area contributed by atoms with Crippen LogP contribution < -0.4 is 5.32 Å². The highest BCUT2D eigenvalue weighted by atomic mass is 15.4. The quantitative estimate of drug-likeness (QED) is 0.600. The van der Waals surface area contributed by atoms with E-state index in [-0.39, 0.29) is 0 Å². The molecule has 0 spiro atoms. The van der Waals surface area contributed by atoms with Gasteiger partial charge in [0.25, 0.3) is 0 Å². The van der Waals surface area contributed by atoms with Gasteiger partial charge in [-0.05, 0) is 54.4 Å². The second-order valence-electron chi connectivity index (χ2n) is 5.74. The molecular formula is C19H15N7. The fourth-order valence-corrected chi connectivity index (χ4v) is 2.64. The first-order valence-electron chi connectivity index (χ1n) is 8.19. The highest BCUT2D eigenvalue weighted by molar-refractivity contribution is 5.60. The van der Waals surface area contributed by atoms with Gasteiger partial charge in [0.2, 0.25) is 0 Å². The van der Waals surface area contributed by atoms with Crippen LogP contribution in [-0.2, 0) is 6.42 Å². The van der Waals surface area contributed by atoms with Crippen molar-refractivity contribution in [1.82, 2.24) is 24.8 Å². The number of hydrogen-bond acceptors (Lipinski definition) is 6. The highest BCUT2D eigenvalue weighted by Crippen LogP contribution is 2.19. The van der Waals surface area contributed by atoms with E-state index in [1.807, 2.05) is 42.6 Å². The summed E-state index contributed by atoms with van der Waals surface area (Å²) >= 11 is 0. The maximum absolute atomic E-state index is 8.92. The molecule has 0 aliphatic heterocycles. The monoisotopic (exact) mass is 341 g/mol. The predicted octanol–water partition coefficient (Wildman–Crippen LogP) is 2.71. The van der Waals surface area contributed by atoms with Gasteiger partial charge in [-0.1, -0.05) is 6.07 Å². The van der Waals surface area contributed by atoms with Crippen molar-refractivity contribution < 1.29 is 0 Å². The molecule has 0 fully saturated rings.